The van der Waals surface area contributed by atoms with Crippen LogP contribution in [0.3, 0.4) is 0 Å². The number of fused-ring (bicyclic) bond motifs is 4. The fourth-order valence-corrected chi connectivity index (χ4v) is 5.46. The minimum Gasteiger partial charge on any atom is -0.354 e. The topological polar surface area (TPSA) is 50.5 Å². The van der Waals surface area contributed by atoms with Crippen LogP contribution in [0.1, 0.15) is 52.5 Å². The van der Waals surface area contributed by atoms with Crippen LogP contribution in [0.25, 0.3) is 0 Å². The average Bonchev–Trinajstić information content (AvgIpc) is 3.34. The number of carbonyl (C=O) groups excluding carboxylic acids is 1. The zero-order chi connectivity index (χ0) is 20.1. The van der Waals surface area contributed by atoms with E-state index in [1.165, 1.54) is 12.8 Å². The molecule has 0 N–H and O–H groups in total. The Morgan fingerprint density at radius 3 is 2.62 bits per heavy atom. The number of pyridine rings is 1. The van der Waals surface area contributed by atoms with Crippen molar-refractivity contribution >= 4 is 5.91 Å². The quantitative estimate of drug-likeness (QED) is 0.803. The van der Waals surface area contributed by atoms with Gasteiger partial charge in [-0.1, -0.05) is 6.07 Å². The molecule has 5 rings (SSSR count). The van der Waals surface area contributed by atoms with Crippen molar-refractivity contribution in [1.82, 2.24) is 18.9 Å². The van der Waals surface area contributed by atoms with Crippen LogP contribution in [-0.4, -0.2) is 51.0 Å². The molecule has 29 heavy (non-hydrogen) atoms. The molecule has 6 heteroatoms. The molecule has 3 aliphatic heterocycles. The first-order chi connectivity index (χ1) is 14.0. The molecule has 0 unspecified atom stereocenters. The Balaban J connectivity index is 1.39. The van der Waals surface area contributed by atoms with Gasteiger partial charge in [-0.05, 0) is 57.3 Å². The smallest absolute Gasteiger partial charge is 0.255 e. The summed E-state index contributed by atoms with van der Waals surface area (Å²) in [5.74, 6) is 0.734. The van der Waals surface area contributed by atoms with Crippen molar-refractivity contribution in [3.05, 3.63) is 57.3 Å². The second-order valence-corrected chi connectivity index (χ2v) is 9.12. The molecule has 154 valence electrons. The van der Waals surface area contributed by atoms with E-state index >= 15 is 0 Å². The number of carbonyl (C=O) groups is 1. The Morgan fingerprint density at radius 2 is 1.90 bits per heavy atom. The summed E-state index contributed by atoms with van der Waals surface area (Å²) in [5, 5.41) is 0. The van der Waals surface area contributed by atoms with E-state index in [1.54, 1.807) is 0 Å². The molecule has 2 atom stereocenters. The van der Waals surface area contributed by atoms with E-state index < -0.39 is 0 Å². The molecule has 0 aromatic carbocycles. The van der Waals surface area contributed by atoms with Crippen molar-refractivity contribution in [2.45, 2.75) is 45.2 Å². The summed E-state index contributed by atoms with van der Waals surface area (Å²) in [6.07, 6.45) is 5.49. The largest absolute Gasteiger partial charge is 0.354 e. The second-order valence-electron chi connectivity index (χ2n) is 9.12. The van der Waals surface area contributed by atoms with Gasteiger partial charge in [-0.25, -0.2) is 0 Å². The van der Waals surface area contributed by atoms with E-state index in [2.05, 4.69) is 11.0 Å². The molecule has 3 aliphatic rings. The number of aryl methyl sites for hydroxylation is 1. The van der Waals surface area contributed by atoms with E-state index in [0.29, 0.717) is 12.5 Å². The lowest BCUT2D eigenvalue weighted by Crippen LogP contribution is -2.49. The lowest BCUT2D eigenvalue weighted by molar-refractivity contribution is 0.0593. The van der Waals surface area contributed by atoms with E-state index in [0.717, 1.165) is 61.7 Å². The van der Waals surface area contributed by atoms with Gasteiger partial charge in [-0.15, -0.1) is 0 Å². The summed E-state index contributed by atoms with van der Waals surface area (Å²) >= 11 is 0. The van der Waals surface area contributed by atoms with Gasteiger partial charge < -0.3 is 14.0 Å². The maximum atomic E-state index is 13.2. The molecule has 2 bridgehead atoms. The van der Waals surface area contributed by atoms with Crippen LogP contribution in [0.5, 0.6) is 0 Å². The third-order valence-electron chi connectivity index (χ3n) is 7.18. The number of rotatable bonds is 3. The van der Waals surface area contributed by atoms with Gasteiger partial charge in [-0.2, -0.15) is 0 Å². The fraction of sp³-hybridized carbons (Fsp3) is 0.565. The lowest BCUT2D eigenvalue weighted by Gasteiger charge is -2.43. The highest BCUT2D eigenvalue weighted by atomic mass is 16.2. The minimum atomic E-state index is 0.124. The Hall–Kier alpha value is -2.34. The zero-order valence-electron chi connectivity index (χ0n) is 17.4. The number of amides is 1. The third-order valence-corrected chi connectivity index (χ3v) is 7.18. The fourth-order valence-electron chi connectivity index (χ4n) is 5.46. The summed E-state index contributed by atoms with van der Waals surface area (Å²) in [6, 6.07) is 6.11. The molecule has 0 saturated carbocycles. The van der Waals surface area contributed by atoms with Crippen molar-refractivity contribution < 1.29 is 4.79 Å². The number of nitrogens with zero attached hydrogens (tertiary/aromatic N) is 4. The molecule has 2 aromatic heterocycles. The summed E-state index contributed by atoms with van der Waals surface area (Å²) in [5.41, 5.74) is 4.02. The SMILES string of the molecule is Cc1c(C(=O)N2C[C@@H]3C[C@H](C2)c2ccc(CN4CCCC4)c(=O)n2C3)ccn1C. The van der Waals surface area contributed by atoms with E-state index in [1.807, 2.05) is 46.3 Å². The minimum absolute atomic E-state index is 0.124. The predicted molar refractivity (Wildman–Crippen MR) is 112 cm³/mol. The molecule has 0 radical (unpaired) electrons. The maximum Gasteiger partial charge on any atom is 0.255 e. The van der Waals surface area contributed by atoms with Crippen LogP contribution >= 0.6 is 0 Å². The van der Waals surface area contributed by atoms with Crippen LogP contribution in [0.4, 0.5) is 0 Å². The molecule has 1 amide bonds. The Labute approximate surface area is 171 Å². The van der Waals surface area contributed by atoms with Crippen molar-refractivity contribution in [2.75, 3.05) is 26.2 Å². The van der Waals surface area contributed by atoms with Gasteiger partial charge in [0.1, 0.15) is 0 Å². The van der Waals surface area contributed by atoms with Gasteiger partial charge in [0.2, 0.25) is 0 Å². The van der Waals surface area contributed by atoms with E-state index in [4.69, 9.17) is 0 Å². The van der Waals surface area contributed by atoms with E-state index in [-0.39, 0.29) is 17.4 Å². The molecule has 2 aromatic rings. The van der Waals surface area contributed by atoms with Gasteiger partial charge in [0, 0.05) is 62.3 Å². The monoisotopic (exact) mass is 394 g/mol. The number of piperidine rings is 1. The summed E-state index contributed by atoms with van der Waals surface area (Å²) in [7, 11) is 1.97. The Morgan fingerprint density at radius 1 is 1.10 bits per heavy atom. The average molecular weight is 395 g/mol. The van der Waals surface area contributed by atoms with Crippen molar-refractivity contribution in [1.29, 1.82) is 0 Å². The molecule has 2 saturated heterocycles. The molecule has 2 fully saturated rings. The number of aromatic nitrogens is 2. The lowest BCUT2D eigenvalue weighted by atomic mass is 9.82. The maximum absolute atomic E-state index is 13.2. The normalized spacial score (nSPS) is 24.0. The molecular weight excluding hydrogens is 364 g/mol. The summed E-state index contributed by atoms with van der Waals surface area (Å²) in [4.78, 5) is 30.7. The predicted octanol–water partition coefficient (Wildman–Crippen LogP) is 2.35. The van der Waals surface area contributed by atoms with Gasteiger partial charge >= 0.3 is 0 Å². The van der Waals surface area contributed by atoms with Crippen LogP contribution in [-0.2, 0) is 20.1 Å². The van der Waals surface area contributed by atoms with Gasteiger partial charge in [-0.3, -0.25) is 14.5 Å². The Bertz CT molecular complexity index is 999. The van der Waals surface area contributed by atoms with Crippen LogP contribution in [0, 0.1) is 12.8 Å². The molecule has 0 aliphatic carbocycles. The van der Waals surface area contributed by atoms with Crippen LogP contribution < -0.4 is 5.56 Å². The van der Waals surface area contributed by atoms with Gasteiger partial charge in [0.15, 0.2) is 0 Å². The standard InChI is InChI=1S/C23H30N4O2/c1-16-20(7-10-24(16)2)23(29)26-12-17-11-19(15-26)21-6-5-18(22(28)27(21)13-17)14-25-8-3-4-9-25/h5-7,10,17,19H,3-4,8-9,11-15H2,1-2H3/t17-,19+/m0/s1. The van der Waals surface area contributed by atoms with Gasteiger partial charge in [0.05, 0.1) is 5.56 Å². The third kappa shape index (κ3) is 3.23. The molecular formula is C23H30N4O2. The first-order valence-electron chi connectivity index (χ1n) is 10.9. The van der Waals surface area contributed by atoms with Gasteiger partial charge in [0.25, 0.3) is 11.5 Å². The highest BCUT2D eigenvalue weighted by Gasteiger charge is 2.37. The second kappa shape index (κ2) is 7.17. The van der Waals surface area contributed by atoms with Crippen molar-refractivity contribution in [3.63, 3.8) is 0 Å². The summed E-state index contributed by atoms with van der Waals surface area (Å²) < 4.78 is 4.01. The first kappa shape index (κ1) is 18.7. The highest BCUT2D eigenvalue weighted by molar-refractivity contribution is 5.95. The van der Waals surface area contributed by atoms with Crippen molar-refractivity contribution in [2.24, 2.45) is 13.0 Å². The highest BCUT2D eigenvalue weighted by Crippen LogP contribution is 2.36. The molecule has 0 spiro atoms. The van der Waals surface area contributed by atoms with E-state index in [9.17, 15) is 9.59 Å². The number of hydrogen-bond acceptors (Lipinski definition) is 3. The van der Waals surface area contributed by atoms with Crippen LogP contribution in [0.2, 0.25) is 0 Å². The summed E-state index contributed by atoms with van der Waals surface area (Å²) in [6.45, 7) is 7.14. The van der Waals surface area contributed by atoms with Crippen molar-refractivity contribution in [3.8, 4) is 0 Å². The molecule has 6 nitrogen and oxygen atoms in total. The van der Waals surface area contributed by atoms with Crippen LogP contribution in [0.15, 0.2) is 29.2 Å². The Kier molecular flexibility index (Phi) is 4.62. The zero-order valence-corrected chi connectivity index (χ0v) is 17.4. The number of likely N-dealkylation sites (tertiary alicyclic amines) is 2. The first-order valence-corrected chi connectivity index (χ1v) is 10.9. The molecule has 5 heterocycles. The number of hydrogen-bond donors (Lipinski definition) is 0.